The Morgan fingerprint density at radius 1 is 0.800 bits per heavy atom. The zero-order chi connectivity index (χ0) is 24.4. The number of carbonyl (C=O) groups is 1. The summed E-state index contributed by atoms with van der Waals surface area (Å²) in [6.07, 6.45) is 1.06. The smallest absolute Gasteiger partial charge is 0.231 e. The van der Waals surface area contributed by atoms with Crippen molar-refractivity contribution in [2.45, 2.75) is 23.5 Å². The summed E-state index contributed by atoms with van der Waals surface area (Å²) in [5.74, 6) is -0.513. The highest BCUT2D eigenvalue weighted by Gasteiger charge is 2.26. The molecule has 4 aromatic carbocycles. The molecule has 0 fully saturated rings. The maximum atomic E-state index is 13.3. The second-order valence-corrected chi connectivity index (χ2v) is 10.7. The molecular weight excluding hydrogens is 461 g/mol. The van der Waals surface area contributed by atoms with E-state index in [1.165, 1.54) is 12.1 Å². The minimum atomic E-state index is -3.63. The maximum absolute atomic E-state index is 13.3. The Labute approximate surface area is 204 Å². The standard InChI is InChI=1S/C29H24FNO3S/c30-26-13-11-23(12-14-26)25-7-4-8-27(19-25)35(33,34)20-22-9-10-24-15-16-31(28(24)17-22)29(32)18-21-5-2-1-3-6-21/h1-14,17,19H,15-16,18,20H2. The molecule has 0 unspecified atom stereocenters. The topological polar surface area (TPSA) is 54.5 Å². The number of anilines is 1. The molecular formula is C29H24FNO3S. The highest BCUT2D eigenvalue weighted by Crippen LogP contribution is 2.31. The van der Waals surface area contributed by atoms with Gasteiger partial charge in [-0.15, -0.1) is 0 Å². The molecule has 0 bridgehead atoms. The van der Waals surface area contributed by atoms with Gasteiger partial charge in [-0.2, -0.15) is 0 Å². The van der Waals surface area contributed by atoms with Crippen molar-refractivity contribution in [1.29, 1.82) is 0 Å². The summed E-state index contributed by atoms with van der Waals surface area (Å²) in [4.78, 5) is 14.9. The number of nitrogens with zero attached hydrogens (tertiary/aromatic N) is 1. The van der Waals surface area contributed by atoms with Gasteiger partial charge in [-0.05, 0) is 64.6 Å². The average molecular weight is 486 g/mol. The minimum Gasteiger partial charge on any atom is -0.312 e. The zero-order valence-electron chi connectivity index (χ0n) is 19.0. The largest absolute Gasteiger partial charge is 0.312 e. The lowest BCUT2D eigenvalue weighted by Crippen LogP contribution is -2.30. The van der Waals surface area contributed by atoms with E-state index in [0.717, 1.165) is 28.8 Å². The SMILES string of the molecule is O=C(Cc1ccccc1)N1CCc2ccc(CS(=O)(=O)c3cccc(-c4ccc(F)cc4)c3)cc21. The monoisotopic (exact) mass is 485 g/mol. The van der Waals surface area contributed by atoms with Gasteiger partial charge >= 0.3 is 0 Å². The summed E-state index contributed by atoms with van der Waals surface area (Å²) in [5.41, 5.74) is 4.87. The van der Waals surface area contributed by atoms with Crippen molar-refractivity contribution >= 4 is 21.4 Å². The number of hydrogen-bond donors (Lipinski definition) is 0. The van der Waals surface area contributed by atoms with E-state index in [9.17, 15) is 17.6 Å². The van der Waals surface area contributed by atoms with Gasteiger partial charge < -0.3 is 4.90 Å². The molecule has 35 heavy (non-hydrogen) atoms. The van der Waals surface area contributed by atoms with E-state index >= 15 is 0 Å². The molecule has 0 saturated carbocycles. The van der Waals surface area contributed by atoms with E-state index in [0.29, 0.717) is 24.1 Å². The molecule has 1 aliphatic rings. The van der Waals surface area contributed by atoms with Crippen LogP contribution in [-0.2, 0) is 33.2 Å². The van der Waals surface area contributed by atoms with E-state index in [1.54, 1.807) is 41.3 Å². The van der Waals surface area contributed by atoms with Crippen molar-refractivity contribution in [1.82, 2.24) is 0 Å². The second-order valence-electron chi connectivity index (χ2n) is 8.71. The van der Waals surface area contributed by atoms with Gasteiger partial charge in [-0.25, -0.2) is 12.8 Å². The predicted molar refractivity (Wildman–Crippen MR) is 135 cm³/mol. The van der Waals surface area contributed by atoms with Crippen LogP contribution in [-0.4, -0.2) is 20.9 Å². The van der Waals surface area contributed by atoms with Crippen LogP contribution in [0.2, 0.25) is 0 Å². The van der Waals surface area contributed by atoms with Crippen LogP contribution in [0.15, 0.2) is 102 Å². The summed E-state index contributed by atoms with van der Waals surface area (Å²) in [5, 5.41) is 0. The normalized spacial score (nSPS) is 13.0. The fourth-order valence-corrected chi connectivity index (χ4v) is 5.83. The van der Waals surface area contributed by atoms with E-state index < -0.39 is 9.84 Å². The average Bonchev–Trinajstić information content (AvgIpc) is 3.28. The first-order valence-electron chi connectivity index (χ1n) is 11.4. The number of carbonyl (C=O) groups excluding carboxylic acids is 1. The van der Waals surface area contributed by atoms with Crippen molar-refractivity contribution in [2.75, 3.05) is 11.4 Å². The predicted octanol–water partition coefficient (Wildman–Crippen LogP) is 5.60. The highest BCUT2D eigenvalue weighted by molar-refractivity contribution is 7.90. The number of halogens is 1. The van der Waals surface area contributed by atoms with Crippen molar-refractivity contribution in [3.05, 3.63) is 120 Å². The molecule has 1 amide bonds. The second kappa shape index (κ2) is 9.47. The molecule has 1 heterocycles. The third-order valence-electron chi connectivity index (χ3n) is 6.27. The molecule has 4 aromatic rings. The van der Waals surface area contributed by atoms with Gasteiger partial charge in [0.15, 0.2) is 9.84 Å². The molecule has 0 aromatic heterocycles. The fourth-order valence-electron chi connectivity index (χ4n) is 4.45. The van der Waals surface area contributed by atoms with Gasteiger partial charge in [-0.1, -0.05) is 66.7 Å². The van der Waals surface area contributed by atoms with Crippen LogP contribution in [0.25, 0.3) is 11.1 Å². The van der Waals surface area contributed by atoms with Crippen molar-refractivity contribution < 1.29 is 17.6 Å². The number of fused-ring (bicyclic) bond motifs is 1. The quantitative estimate of drug-likeness (QED) is 0.357. The van der Waals surface area contributed by atoms with Crippen LogP contribution in [0.4, 0.5) is 10.1 Å². The Hall–Kier alpha value is -3.77. The van der Waals surface area contributed by atoms with E-state index in [2.05, 4.69) is 0 Å². The lowest BCUT2D eigenvalue weighted by atomic mass is 10.1. The lowest BCUT2D eigenvalue weighted by Gasteiger charge is -2.18. The molecule has 176 valence electrons. The molecule has 0 N–H and O–H groups in total. The molecule has 6 heteroatoms. The first-order valence-corrected chi connectivity index (χ1v) is 13.1. The summed E-state index contributed by atoms with van der Waals surface area (Å²) >= 11 is 0. The molecule has 5 rings (SSSR count). The van der Waals surface area contributed by atoms with Gasteiger partial charge in [0.1, 0.15) is 5.82 Å². The first-order chi connectivity index (χ1) is 16.9. The third-order valence-corrected chi connectivity index (χ3v) is 7.96. The van der Waals surface area contributed by atoms with Crippen LogP contribution in [0, 0.1) is 5.82 Å². The maximum Gasteiger partial charge on any atom is 0.231 e. The van der Waals surface area contributed by atoms with Crippen LogP contribution in [0.1, 0.15) is 16.7 Å². The fraction of sp³-hybridized carbons (Fsp3) is 0.138. The number of amides is 1. The molecule has 0 radical (unpaired) electrons. The number of hydrogen-bond acceptors (Lipinski definition) is 3. The van der Waals surface area contributed by atoms with Gasteiger partial charge in [0.25, 0.3) is 0 Å². The van der Waals surface area contributed by atoms with Gasteiger partial charge in [0, 0.05) is 12.2 Å². The Balaban J connectivity index is 1.37. The van der Waals surface area contributed by atoms with E-state index in [1.807, 2.05) is 48.5 Å². The minimum absolute atomic E-state index is 0.00181. The Morgan fingerprint density at radius 2 is 1.57 bits per heavy atom. The van der Waals surface area contributed by atoms with Crippen LogP contribution < -0.4 is 4.90 Å². The van der Waals surface area contributed by atoms with Crippen LogP contribution in [0.5, 0.6) is 0 Å². The summed E-state index contributed by atoms with van der Waals surface area (Å²) in [7, 11) is -3.63. The molecule has 0 aliphatic carbocycles. The van der Waals surface area contributed by atoms with Crippen LogP contribution in [0.3, 0.4) is 0 Å². The van der Waals surface area contributed by atoms with Crippen molar-refractivity contribution in [3.8, 4) is 11.1 Å². The Morgan fingerprint density at radius 3 is 2.34 bits per heavy atom. The highest BCUT2D eigenvalue weighted by atomic mass is 32.2. The molecule has 0 atom stereocenters. The van der Waals surface area contributed by atoms with Gasteiger partial charge in [0.2, 0.25) is 5.91 Å². The molecule has 0 saturated heterocycles. The summed E-state index contributed by atoms with van der Waals surface area (Å²) in [6, 6.07) is 27.8. The zero-order valence-corrected chi connectivity index (χ0v) is 19.8. The van der Waals surface area contributed by atoms with Crippen LogP contribution >= 0.6 is 0 Å². The number of sulfone groups is 1. The Bertz CT molecular complexity index is 1480. The number of rotatable bonds is 6. The third kappa shape index (κ3) is 5.03. The molecule has 4 nitrogen and oxygen atoms in total. The first kappa shape index (κ1) is 23.0. The summed E-state index contributed by atoms with van der Waals surface area (Å²) < 4.78 is 39.8. The molecule has 0 spiro atoms. The van der Waals surface area contributed by atoms with Gasteiger partial charge in [-0.3, -0.25) is 4.79 Å². The van der Waals surface area contributed by atoms with E-state index in [-0.39, 0.29) is 22.4 Å². The van der Waals surface area contributed by atoms with E-state index in [4.69, 9.17) is 0 Å². The van der Waals surface area contributed by atoms with Crippen molar-refractivity contribution in [2.24, 2.45) is 0 Å². The summed E-state index contributed by atoms with van der Waals surface area (Å²) in [6.45, 7) is 0.594. The molecule has 1 aliphatic heterocycles. The number of benzene rings is 4. The lowest BCUT2D eigenvalue weighted by molar-refractivity contribution is -0.117. The van der Waals surface area contributed by atoms with Gasteiger partial charge in [0.05, 0.1) is 17.1 Å². The van der Waals surface area contributed by atoms with Crippen molar-refractivity contribution in [3.63, 3.8) is 0 Å². The Kier molecular flexibility index (Phi) is 6.22.